The van der Waals surface area contributed by atoms with Crippen LogP contribution in [0.15, 0.2) is 30.3 Å². The van der Waals surface area contributed by atoms with Crippen molar-refractivity contribution in [3.8, 4) is 0 Å². The van der Waals surface area contributed by atoms with Crippen LogP contribution < -0.4 is 0 Å². The van der Waals surface area contributed by atoms with Gasteiger partial charge in [-0.15, -0.1) is 0 Å². The first kappa shape index (κ1) is 9.41. The average Bonchev–Trinajstić information content (AvgIpc) is 2.10. The van der Waals surface area contributed by atoms with Crippen molar-refractivity contribution in [2.75, 3.05) is 0 Å². The maximum absolute atomic E-state index is 10.0. The van der Waals surface area contributed by atoms with E-state index in [0.29, 0.717) is 0 Å². The van der Waals surface area contributed by atoms with Crippen LogP contribution in [0.25, 0.3) is 0 Å². The van der Waals surface area contributed by atoms with Gasteiger partial charge in [-0.2, -0.15) is 0 Å². The Balaban J connectivity index is 0.000000371. The second-order valence-corrected chi connectivity index (χ2v) is 1.53. The molecule has 3 heteroatoms. The molecule has 0 spiro atoms. The summed E-state index contributed by atoms with van der Waals surface area (Å²) in [7, 11) is 2.56. The molecule has 10 heavy (non-hydrogen) atoms. The van der Waals surface area contributed by atoms with Gasteiger partial charge in [0.1, 0.15) is 6.29 Å². The van der Waals surface area contributed by atoms with Crippen LogP contribution in [0.4, 0.5) is 0 Å². The first-order chi connectivity index (χ1) is 4.93. The molecule has 0 heterocycles. The Morgan fingerprint density at radius 1 is 1.20 bits per heavy atom. The van der Waals surface area contributed by atoms with Gasteiger partial charge in [0.2, 0.25) is 0 Å². The smallest absolute Gasteiger partial charge is 0.150 e. The number of hydrogen-bond donors (Lipinski definition) is 0. The Labute approximate surface area is 67.3 Å². The number of carbonyl (C=O) groups is 1. The Morgan fingerprint density at radius 2 is 1.70 bits per heavy atom. The second kappa shape index (κ2) is 6.53. The fourth-order valence-corrected chi connectivity index (χ4v) is 0.532. The SMILES string of the molecule is O=Cc1ccccc1.P=S. The van der Waals surface area contributed by atoms with Crippen LogP contribution in [0.2, 0.25) is 0 Å². The summed E-state index contributed by atoms with van der Waals surface area (Å²) in [5.41, 5.74) is 0.729. The van der Waals surface area contributed by atoms with Crippen LogP contribution >= 0.6 is 8.02 Å². The molecule has 0 amide bonds. The van der Waals surface area contributed by atoms with Crippen LogP contribution in [0.3, 0.4) is 0 Å². The van der Waals surface area contributed by atoms with Gasteiger partial charge in [0.25, 0.3) is 0 Å². The minimum atomic E-state index is 0.729. The van der Waals surface area contributed by atoms with Gasteiger partial charge < -0.3 is 0 Å². The predicted octanol–water partition coefficient (Wildman–Crippen LogP) is 2.09. The Bertz CT molecular complexity index is 188. The van der Waals surface area contributed by atoms with Crippen molar-refractivity contribution in [3.63, 3.8) is 0 Å². The van der Waals surface area contributed by atoms with E-state index >= 15 is 0 Å². The number of hydrogen-bond acceptors (Lipinski definition) is 2. The van der Waals surface area contributed by atoms with Crippen molar-refractivity contribution in [1.29, 1.82) is 0 Å². The monoisotopic (exact) mass is 170 g/mol. The molecule has 1 aromatic rings. The molecule has 0 unspecified atom stereocenters. The highest BCUT2D eigenvalue weighted by molar-refractivity contribution is 7.88. The molecule has 0 atom stereocenters. The summed E-state index contributed by atoms with van der Waals surface area (Å²) in [6.45, 7) is 0. The molecule has 1 rings (SSSR count). The highest BCUT2D eigenvalue weighted by atomic mass is 32.4. The van der Waals surface area contributed by atoms with E-state index in [1.807, 2.05) is 18.2 Å². The molecular formula is C7H7OPS. The Morgan fingerprint density at radius 3 is 2.00 bits per heavy atom. The van der Waals surface area contributed by atoms with Crippen molar-refractivity contribution >= 4 is 26.1 Å². The van der Waals surface area contributed by atoms with E-state index in [1.165, 1.54) is 0 Å². The molecule has 0 aliphatic carbocycles. The van der Waals surface area contributed by atoms with E-state index in [1.54, 1.807) is 12.1 Å². The quantitative estimate of drug-likeness (QED) is 0.474. The van der Waals surface area contributed by atoms with Gasteiger partial charge in [0.15, 0.2) is 0 Å². The lowest BCUT2D eigenvalue weighted by Crippen LogP contribution is -1.73. The lowest BCUT2D eigenvalue weighted by atomic mass is 10.2. The molecular weight excluding hydrogens is 163 g/mol. The molecule has 1 aromatic carbocycles. The minimum Gasteiger partial charge on any atom is -0.298 e. The average molecular weight is 170 g/mol. The van der Waals surface area contributed by atoms with Crippen molar-refractivity contribution in [3.05, 3.63) is 35.9 Å². The van der Waals surface area contributed by atoms with Crippen LogP contribution in [0.1, 0.15) is 10.4 Å². The standard InChI is InChI=1S/C7H6O.HPS/c8-6-7-4-2-1-3-5-7;1-2/h1-6H;1H. The lowest BCUT2D eigenvalue weighted by Gasteiger charge is -1.81. The third-order valence-corrected chi connectivity index (χ3v) is 0.936. The largest absolute Gasteiger partial charge is 0.298 e. The van der Waals surface area contributed by atoms with Crippen LogP contribution in [-0.2, 0) is 11.8 Å². The normalized spacial score (nSPS) is 7.20. The van der Waals surface area contributed by atoms with E-state index in [9.17, 15) is 4.79 Å². The van der Waals surface area contributed by atoms with Gasteiger partial charge in [-0.3, -0.25) is 4.79 Å². The zero-order valence-electron chi connectivity index (χ0n) is 5.28. The maximum atomic E-state index is 10.0. The van der Waals surface area contributed by atoms with Gasteiger partial charge in [0, 0.05) is 5.56 Å². The summed E-state index contributed by atoms with van der Waals surface area (Å²) in [5.74, 6) is 0. The molecule has 0 saturated heterocycles. The molecule has 52 valence electrons. The zero-order valence-corrected chi connectivity index (χ0v) is 7.10. The highest BCUT2D eigenvalue weighted by Gasteiger charge is 1.79. The van der Waals surface area contributed by atoms with Crippen molar-refractivity contribution < 1.29 is 4.79 Å². The third kappa shape index (κ3) is 3.44. The number of rotatable bonds is 1. The van der Waals surface area contributed by atoms with Crippen LogP contribution in [0, 0.1) is 0 Å². The summed E-state index contributed by atoms with van der Waals surface area (Å²) in [5, 5.41) is 0. The fourth-order valence-electron chi connectivity index (χ4n) is 0.532. The van der Waals surface area contributed by atoms with Crippen molar-refractivity contribution in [2.45, 2.75) is 0 Å². The Hall–Kier alpha value is -0.590. The van der Waals surface area contributed by atoms with Gasteiger partial charge in [-0.05, 0) is 8.02 Å². The predicted molar refractivity (Wildman–Crippen MR) is 47.5 cm³/mol. The van der Waals surface area contributed by atoms with E-state index in [2.05, 4.69) is 19.8 Å². The number of benzene rings is 1. The molecule has 1 nitrogen and oxygen atoms in total. The maximum Gasteiger partial charge on any atom is 0.150 e. The molecule has 0 saturated carbocycles. The molecule has 0 fully saturated rings. The van der Waals surface area contributed by atoms with Gasteiger partial charge in [-0.25, -0.2) is 0 Å². The third-order valence-electron chi connectivity index (χ3n) is 0.936. The summed E-state index contributed by atoms with van der Waals surface area (Å²) in [4.78, 5) is 10.0. The zero-order chi connectivity index (χ0) is 7.82. The van der Waals surface area contributed by atoms with E-state index in [4.69, 9.17) is 0 Å². The van der Waals surface area contributed by atoms with E-state index in [-0.39, 0.29) is 0 Å². The lowest BCUT2D eigenvalue weighted by molar-refractivity contribution is 0.112. The topological polar surface area (TPSA) is 17.1 Å². The first-order valence-electron chi connectivity index (χ1n) is 2.64. The Kier molecular flexibility index (Phi) is 6.14. The van der Waals surface area contributed by atoms with E-state index < -0.39 is 0 Å². The van der Waals surface area contributed by atoms with Gasteiger partial charge in [0.05, 0.1) is 0 Å². The number of aldehydes is 1. The summed E-state index contributed by atoms with van der Waals surface area (Å²) in [6.07, 6.45) is 0.833. The summed E-state index contributed by atoms with van der Waals surface area (Å²) in [6, 6.07) is 9.10. The molecule has 0 radical (unpaired) electrons. The molecule has 0 aliphatic heterocycles. The van der Waals surface area contributed by atoms with Crippen LogP contribution in [-0.4, -0.2) is 6.29 Å². The summed E-state index contributed by atoms with van der Waals surface area (Å²) < 4.78 is 0. The van der Waals surface area contributed by atoms with Crippen molar-refractivity contribution in [1.82, 2.24) is 0 Å². The molecule has 0 aliphatic rings. The molecule has 0 aromatic heterocycles. The highest BCUT2D eigenvalue weighted by Crippen LogP contribution is 1.91. The fraction of sp³-hybridized carbons (Fsp3) is 0. The first-order valence-corrected chi connectivity index (χ1v) is 4.27. The summed E-state index contributed by atoms with van der Waals surface area (Å²) >= 11 is 3.89. The molecule has 0 N–H and O–H groups in total. The number of carbonyl (C=O) groups excluding carboxylic acids is 1. The second-order valence-electron chi connectivity index (χ2n) is 1.53. The van der Waals surface area contributed by atoms with Crippen molar-refractivity contribution in [2.24, 2.45) is 0 Å². The minimum absolute atomic E-state index is 0.729. The van der Waals surface area contributed by atoms with Gasteiger partial charge >= 0.3 is 0 Å². The molecule has 0 bridgehead atoms. The van der Waals surface area contributed by atoms with Gasteiger partial charge in [-0.1, -0.05) is 42.1 Å². The van der Waals surface area contributed by atoms with Crippen LogP contribution in [0.5, 0.6) is 0 Å². The van der Waals surface area contributed by atoms with E-state index in [0.717, 1.165) is 11.8 Å².